The Morgan fingerprint density at radius 2 is 2.04 bits per heavy atom. The molecule has 0 unspecified atom stereocenters. The second-order valence-electron chi connectivity index (χ2n) is 6.81. The van der Waals surface area contributed by atoms with Gasteiger partial charge in [0.2, 0.25) is 0 Å². The van der Waals surface area contributed by atoms with Gasteiger partial charge in [-0.1, -0.05) is 12.1 Å². The predicted molar refractivity (Wildman–Crippen MR) is 97.4 cm³/mol. The number of hydrogen-bond acceptors (Lipinski definition) is 6. The number of carbonyl (C=O) groups excluding carboxylic acids is 1. The third-order valence-corrected chi connectivity index (χ3v) is 5.00. The van der Waals surface area contributed by atoms with Crippen molar-refractivity contribution in [2.75, 3.05) is 18.5 Å². The van der Waals surface area contributed by atoms with Crippen LogP contribution in [0.4, 0.5) is 5.69 Å². The molecule has 1 saturated heterocycles. The van der Waals surface area contributed by atoms with Crippen LogP contribution in [0.2, 0.25) is 0 Å². The minimum absolute atomic E-state index is 0.0940. The molecule has 7 nitrogen and oxygen atoms in total. The summed E-state index contributed by atoms with van der Waals surface area (Å²) < 4.78 is 5.41. The SMILES string of the molecule is N#Cc1cc(O)c(C(=O)N2Cc3cccc(N[C@@H]4CCOC4)c3C2)c(O)c1. The number of anilines is 1. The van der Waals surface area contributed by atoms with Gasteiger partial charge in [0.25, 0.3) is 5.91 Å². The minimum Gasteiger partial charge on any atom is -0.507 e. The van der Waals surface area contributed by atoms with Gasteiger partial charge in [0, 0.05) is 25.4 Å². The molecule has 1 fully saturated rings. The summed E-state index contributed by atoms with van der Waals surface area (Å²) in [6, 6.07) is 10.4. The van der Waals surface area contributed by atoms with Gasteiger partial charge in [0.05, 0.1) is 24.3 Å². The summed E-state index contributed by atoms with van der Waals surface area (Å²) in [6.07, 6.45) is 0.944. The van der Waals surface area contributed by atoms with E-state index < -0.39 is 17.4 Å². The first-order valence-corrected chi connectivity index (χ1v) is 8.77. The first-order chi connectivity index (χ1) is 13.1. The van der Waals surface area contributed by atoms with Crippen molar-refractivity contribution in [1.82, 2.24) is 4.90 Å². The number of aromatic hydroxyl groups is 2. The number of rotatable bonds is 3. The van der Waals surface area contributed by atoms with Crippen LogP contribution in [-0.2, 0) is 17.8 Å². The third-order valence-electron chi connectivity index (χ3n) is 5.00. The fourth-order valence-corrected chi connectivity index (χ4v) is 3.62. The van der Waals surface area contributed by atoms with Crippen molar-refractivity contribution in [3.8, 4) is 17.6 Å². The fraction of sp³-hybridized carbons (Fsp3) is 0.300. The number of ether oxygens (including phenoxy) is 1. The molecule has 27 heavy (non-hydrogen) atoms. The number of nitrogens with zero attached hydrogens (tertiary/aromatic N) is 2. The highest BCUT2D eigenvalue weighted by atomic mass is 16.5. The zero-order chi connectivity index (χ0) is 19.0. The maximum Gasteiger partial charge on any atom is 0.262 e. The number of nitriles is 1. The smallest absolute Gasteiger partial charge is 0.262 e. The predicted octanol–water partition coefficient (Wildman–Crippen LogP) is 2.33. The van der Waals surface area contributed by atoms with Crippen LogP contribution in [0.1, 0.15) is 33.5 Å². The Kier molecular flexibility index (Phi) is 4.34. The highest BCUT2D eigenvalue weighted by Crippen LogP contribution is 2.35. The molecule has 0 bridgehead atoms. The quantitative estimate of drug-likeness (QED) is 0.771. The Hall–Kier alpha value is -3.24. The summed E-state index contributed by atoms with van der Waals surface area (Å²) in [4.78, 5) is 14.5. The molecule has 2 heterocycles. The molecule has 1 amide bonds. The summed E-state index contributed by atoms with van der Waals surface area (Å²) in [7, 11) is 0. The average molecular weight is 365 g/mol. The van der Waals surface area contributed by atoms with Gasteiger partial charge in [0.15, 0.2) is 0 Å². The third kappa shape index (κ3) is 3.15. The van der Waals surface area contributed by atoms with Crippen molar-refractivity contribution in [3.63, 3.8) is 0 Å². The molecule has 1 atom stereocenters. The van der Waals surface area contributed by atoms with E-state index in [9.17, 15) is 15.0 Å². The Morgan fingerprint density at radius 3 is 2.70 bits per heavy atom. The highest BCUT2D eigenvalue weighted by Gasteiger charge is 2.30. The van der Waals surface area contributed by atoms with Crippen LogP contribution in [0.3, 0.4) is 0 Å². The molecule has 0 saturated carbocycles. The molecule has 0 spiro atoms. The Balaban J connectivity index is 1.58. The summed E-state index contributed by atoms with van der Waals surface area (Å²) in [5.74, 6) is -1.26. The van der Waals surface area contributed by atoms with Crippen molar-refractivity contribution in [3.05, 3.63) is 52.6 Å². The molecule has 3 N–H and O–H groups in total. The number of carbonyl (C=O) groups is 1. The largest absolute Gasteiger partial charge is 0.507 e. The van der Waals surface area contributed by atoms with Gasteiger partial charge in [-0.2, -0.15) is 5.26 Å². The van der Waals surface area contributed by atoms with Crippen LogP contribution >= 0.6 is 0 Å². The van der Waals surface area contributed by atoms with E-state index in [2.05, 4.69) is 5.32 Å². The number of hydrogen-bond donors (Lipinski definition) is 3. The maximum atomic E-state index is 12.9. The lowest BCUT2D eigenvalue weighted by Crippen LogP contribution is -2.26. The molecule has 2 aromatic carbocycles. The van der Waals surface area contributed by atoms with Gasteiger partial charge >= 0.3 is 0 Å². The molecule has 2 aliphatic heterocycles. The van der Waals surface area contributed by atoms with Crippen LogP contribution < -0.4 is 5.32 Å². The molecule has 0 aromatic heterocycles. The highest BCUT2D eigenvalue weighted by molar-refractivity contribution is 6.00. The lowest BCUT2D eigenvalue weighted by molar-refractivity contribution is 0.0745. The second-order valence-corrected chi connectivity index (χ2v) is 6.81. The number of phenolic OH excluding ortho intramolecular Hbond substituents is 2. The number of benzene rings is 2. The van der Waals surface area contributed by atoms with Crippen molar-refractivity contribution in [2.45, 2.75) is 25.6 Å². The van der Waals surface area contributed by atoms with Gasteiger partial charge in [-0.3, -0.25) is 4.79 Å². The lowest BCUT2D eigenvalue weighted by Gasteiger charge is -2.18. The van der Waals surface area contributed by atoms with Crippen LogP contribution in [-0.4, -0.2) is 40.3 Å². The van der Waals surface area contributed by atoms with Crippen LogP contribution in [0, 0.1) is 11.3 Å². The van der Waals surface area contributed by atoms with Crippen LogP contribution in [0.5, 0.6) is 11.5 Å². The Labute approximate surface area is 156 Å². The molecule has 0 radical (unpaired) electrons. The zero-order valence-electron chi connectivity index (χ0n) is 14.6. The lowest BCUT2D eigenvalue weighted by atomic mass is 10.1. The van der Waals surface area contributed by atoms with Gasteiger partial charge in [-0.05, 0) is 35.7 Å². The first-order valence-electron chi connectivity index (χ1n) is 8.77. The van der Waals surface area contributed by atoms with E-state index in [1.807, 2.05) is 24.3 Å². The number of amides is 1. The van der Waals surface area contributed by atoms with Crippen molar-refractivity contribution < 1.29 is 19.7 Å². The normalized spacial score (nSPS) is 18.2. The number of phenols is 2. The van der Waals surface area contributed by atoms with Crippen molar-refractivity contribution >= 4 is 11.6 Å². The first kappa shape index (κ1) is 17.2. The molecule has 0 aliphatic carbocycles. The Morgan fingerprint density at radius 1 is 1.26 bits per heavy atom. The van der Waals surface area contributed by atoms with Crippen molar-refractivity contribution in [2.24, 2.45) is 0 Å². The zero-order valence-corrected chi connectivity index (χ0v) is 14.6. The maximum absolute atomic E-state index is 12.9. The van der Waals surface area contributed by atoms with E-state index in [1.165, 1.54) is 12.1 Å². The van der Waals surface area contributed by atoms with E-state index in [0.717, 1.165) is 29.8 Å². The van der Waals surface area contributed by atoms with Crippen molar-refractivity contribution in [1.29, 1.82) is 5.26 Å². The molecule has 4 rings (SSSR count). The number of fused-ring (bicyclic) bond motifs is 1. The van der Waals surface area contributed by atoms with E-state index in [0.29, 0.717) is 19.7 Å². The van der Waals surface area contributed by atoms with Gasteiger partial charge in [-0.25, -0.2) is 0 Å². The fourth-order valence-electron chi connectivity index (χ4n) is 3.62. The summed E-state index contributed by atoms with van der Waals surface area (Å²) >= 11 is 0. The molecular weight excluding hydrogens is 346 g/mol. The standard InChI is InChI=1S/C20H19N3O4/c21-8-12-6-17(24)19(18(25)7-12)20(26)23-9-13-2-1-3-16(15(13)10-23)22-14-4-5-27-11-14/h1-3,6-7,14,22,24-25H,4-5,9-11H2/t14-/m1/s1. The van der Waals surface area contributed by atoms with Gasteiger partial charge < -0.3 is 25.2 Å². The second kappa shape index (κ2) is 6.82. The summed E-state index contributed by atoms with van der Waals surface area (Å²) in [6.45, 7) is 2.18. The molecule has 2 aliphatic rings. The molecule has 138 valence electrons. The molecule has 2 aromatic rings. The monoisotopic (exact) mass is 365 g/mol. The average Bonchev–Trinajstić information content (AvgIpc) is 3.30. The van der Waals surface area contributed by atoms with E-state index in [-0.39, 0.29) is 17.2 Å². The number of nitrogens with one attached hydrogen (secondary N) is 1. The van der Waals surface area contributed by atoms with E-state index in [4.69, 9.17) is 10.00 Å². The Bertz CT molecular complexity index is 922. The summed E-state index contributed by atoms with van der Waals surface area (Å²) in [5, 5.41) is 32.6. The topological polar surface area (TPSA) is 106 Å². The minimum atomic E-state index is -0.471. The molecule has 7 heteroatoms. The van der Waals surface area contributed by atoms with E-state index >= 15 is 0 Å². The van der Waals surface area contributed by atoms with Gasteiger partial charge in [0.1, 0.15) is 17.1 Å². The van der Waals surface area contributed by atoms with Gasteiger partial charge in [-0.15, -0.1) is 0 Å². The summed E-state index contributed by atoms with van der Waals surface area (Å²) in [5.41, 5.74) is 2.95. The van der Waals surface area contributed by atoms with E-state index in [1.54, 1.807) is 4.90 Å². The van der Waals surface area contributed by atoms with Crippen LogP contribution in [0.25, 0.3) is 0 Å². The van der Waals surface area contributed by atoms with Crippen LogP contribution in [0.15, 0.2) is 30.3 Å². The molecular formula is C20H19N3O4.